The van der Waals surface area contributed by atoms with Crippen molar-refractivity contribution in [3.05, 3.63) is 58.3 Å². The fraction of sp³-hybridized carbons (Fsp3) is 0.429. The third-order valence-corrected chi connectivity index (χ3v) is 6.07. The van der Waals surface area contributed by atoms with Crippen molar-refractivity contribution in [2.75, 3.05) is 13.1 Å². The van der Waals surface area contributed by atoms with E-state index in [2.05, 4.69) is 10.6 Å². The first-order chi connectivity index (χ1) is 13.4. The van der Waals surface area contributed by atoms with E-state index >= 15 is 0 Å². The van der Waals surface area contributed by atoms with E-state index in [0.717, 1.165) is 11.3 Å². The highest BCUT2D eigenvalue weighted by molar-refractivity contribution is 7.10. The van der Waals surface area contributed by atoms with E-state index < -0.39 is 17.7 Å². The Kier molecular flexibility index (Phi) is 6.36. The van der Waals surface area contributed by atoms with E-state index in [0.29, 0.717) is 25.1 Å². The molecule has 28 heavy (non-hydrogen) atoms. The molecule has 0 spiro atoms. The van der Waals surface area contributed by atoms with Gasteiger partial charge < -0.3 is 20.6 Å². The average Bonchev–Trinajstić information content (AvgIpc) is 3.22. The average molecular weight is 402 g/mol. The molecule has 3 atom stereocenters. The number of thiophene rings is 1. The van der Waals surface area contributed by atoms with Gasteiger partial charge in [-0.1, -0.05) is 31.2 Å². The lowest BCUT2D eigenvalue weighted by Crippen LogP contribution is -2.64. The van der Waals surface area contributed by atoms with Crippen molar-refractivity contribution in [2.45, 2.75) is 44.4 Å². The molecule has 1 aromatic carbocycles. The van der Waals surface area contributed by atoms with Gasteiger partial charge >= 0.3 is 6.03 Å². The number of aliphatic hydroxyl groups is 1. The Balaban J connectivity index is 1.92. The van der Waals surface area contributed by atoms with E-state index in [1.807, 2.05) is 30.5 Å². The Morgan fingerprint density at radius 3 is 2.64 bits per heavy atom. The summed E-state index contributed by atoms with van der Waals surface area (Å²) >= 11 is 1.52. The fourth-order valence-electron chi connectivity index (χ4n) is 3.55. The molecule has 0 bridgehead atoms. The smallest absolute Gasteiger partial charge is 0.318 e. The highest BCUT2D eigenvalue weighted by Crippen LogP contribution is 2.39. The van der Waals surface area contributed by atoms with E-state index in [-0.39, 0.29) is 11.9 Å². The van der Waals surface area contributed by atoms with Gasteiger partial charge in [-0.15, -0.1) is 11.3 Å². The van der Waals surface area contributed by atoms with Crippen LogP contribution < -0.4 is 10.6 Å². The molecule has 1 aromatic heterocycles. The van der Waals surface area contributed by atoms with Crippen LogP contribution >= 0.6 is 11.3 Å². The number of carbonyl (C=O) groups is 2. The van der Waals surface area contributed by atoms with E-state index in [4.69, 9.17) is 0 Å². The second-order valence-corrected chi connectivity index (χ2v) is 8.29. The second-order valence-electron chi connectivity index (χ2n) is 7.31. The van der Waals surface area contributed by atoms with Gasteiger partial charge in [0.25, 0.3) is 5.91 Å². The first-order valence-corrected chi connectivity index (χ1v) is 10.5. The Morgan fingerprint density at radius 2 is 2.00 bits per heavy atom. The lowest BCUT2D eigenvalue weighted by molar-refractivity contribution is -0.0503. The Bertz CT molecular complexity index is 792. The minimum Gasteiger partial charge on any atom is -0.388 e. The SMILES string of the molecule is CCCNC(=O)N1CC[C@@](C)(O)[C@@H](NC(=O)c2ccccc2)[C@@H]1c1cccs1. The third kappa shape index (κ3) is 4.36. The fourth-order valence-corrected chi connectivity index (χ4v) is 4.42. The molecule has 3 amide bonds. The molecule has 7 heteroatoms. The highest BCUT2D eigenvalue weighted by Gasteiger charge is 2.48. The zero-order chi connectivity index (χ0) is 20.1. The summed E-state index contributed by atoms with van der Waals surface area (Å²) < 4.78 is 0. The maximum Gasteiger partial charge on any atom is 0.318 e. The molecule has 0 radical (unpaired) electrons. The van der Waals surface area contributed by atoms with Crippen LogP contribution in [-0.4, -0.2) is 46.7 Å². The Labute approximate surface area is 169 Å². The molecule has 0 unspecified atom stereocenters. The zero-order valence-corrected chi connectivity index (χ0v) is 17.0. The number of piperidine rings is 1. The van der Waals surface area contributed by atoms with Gasteiger partial charge in [0, 0.05) is 23.5 Å². The number of benzene rings is 1. The van der Waals surface area contributed by atoms with Gasteiger partial charge in [-0.3, -0.25) is 4.79 Å². The van der Waals surface area contributed by atoms with Crippen LogP contribution in [0.15, 0.2) is 47.8 Å². The van der Waals surface area contributed by atoms with Crippen LogP contribution in [0.4, 0.5) is 4.79 Å². The number of nitrogens with one attached hydrogen (secondary N) is 2. The summed E-state index contributed by atoms with van der Waals surface area (Å²) in [6.07, 6.45) is 1.23. The summed E-state index contributed by atoms with van der Waals surface area (Å²) in [7, 11) is 0. The van der Waals surface area contributed by atoms with Gasteiger partial charge in [0.1, 0.15) is 0 Å². The van der Waals surface area contributed by atoms with E-state index in [1.54, 1.807) is 36.1 Å². The minimum atomic E-state index is -1.14. The molecule has 0 aliphatic carbocycles. The molecule has 150 valence electrons. The Hall–Kier alpha value is -2.38. The third-order valence-electron chi connectivity index (χ3n) is 5.12. The molecular formula is C21H27N3O3S. The van der Waals surface area contributed by atoms with Crippen molar-refractivity contribution in [2.24, 2.45) is 0 Å². The lowest BCUT2D eigenvalue weighted by atomic mass is 9.81. The maximum absolute atomic E-state index is 12.8. The zero-order valence-electron chi connectivity index (χ0n) is 16.2. The van der Waals surface area contributed by atoms with Crippen LogP contribution in [0.2, 0.25) is 0 Å². The van der Waals surface area contributed by atoms with Crippen molar-refractivity contribution < 1.29 is 14.7 Å². The molecule has 3 N–H and O–H groups in total. The molecule has 1 saturated heterocycles. The first-order valence-electron chi connectivity index (χ1n) is 9.60. The van der Waals surface area contributed by atoms with Gasteiger partial charge in [0.2, 0.25) is 0 Å². The summed E-state index contributed by atoms with van der Waals surface area (Å²) in [5.74, 6) is -0.261. The number of nitrogens with zero attached hydrogens (tertiary/aromatic N) is 1. The normalized spacial score (nSPS) is 24.6. The molecule has 1 fully saturated rings. The molecule has 0 saturated carbocycles. The number of hydrogen-bond donors (Lipinski definition) is 3. The van der Waals surface area contributed by atoms with Gasteiger partial charge in [-0.25, -0.2) is 4.79 Å². The second kappa shape index (κ2) is 8.75. The molecule has 2 aromatic rings. The number of rotatable bonds is 5. The Morgan fingerprint density at radius 1 is 1.25 bits per heavy atom. The number of amides is 3. The molecular weight excluding hydrogens is 374 g/mol. The van der Waals surface area contributed by atoms with Crippen molar-refractivity contribution in [1.29, 1.82) is 0 Å². The molecule has 1 aliphatic rings. The molecule has 3 rings (SSSR count). The summed E-state index contributed by atoms with van der Waals surface area (Å²) in [6, 6.07) is 11.5. The van der Waals surface area contributed by atoms with Crippen LogP contribution in [0.25, 0.3) is 0 Å². The van der Waals surface area contributed by atoms with Crippen molar-refractivity contribution in [3.63, 3.8) is 0 Å². The standard InChI is InChI=1S/C21H27N3O3S/c1-3-12-22-20(26)24-13-11-21(2,27)18(17(24)16-10-7-14-28-16)23-19(25)15-8-5-4-6-9-15/h4-10,14,17-18,27H,3,11-13H2,1-2H3,(H,22,26)(H,23,25)/t17-,18-,21+/m0/s1. The molecule has 2 heterocycles. The van der Waals surface area contributed by atoms with Gasteiger partial charge in [0.15, 0.2) is 0 Å². The number of likely N-dealkylation sites (tertiary alicyclic amines) is 1. The monoisotopic (exact) mass is 401 g/mol. The van der Waals surface area contributed by atoms with Crippen LogP contribution in [0.5, 0.6) is 0 Å². The maximum atomic E-state index is 12.8. The largest absolute Gasteiger partial charge is 0.388 e. The minimum absolute atomic E-state index is 0.172. The van der Waals surface area contributed by atoms with Crippen molar-refractivity contribution >= 4 is 23.3 Å². The van der Waals surface area contributed by atoms with E-state index in [9.17, 15) is 14.7 Å². The van der Waals surface area contributed by atoms with Crippen molar-refractivity contribution in [3.8, 4) is 0 Å². The molecule has 1 aliphatic heterocycles. The van der Waals surface area contributed by atoms with E-state index in [1.165, 1.54) is 11.3 Å². The van der Waals surface area contributed by atoms with Crippen LogP contribution in [0.3, 0.4) is 0 Å². The summed E-state index contributed by atoms with van der Waals surface area (Å²) in [5, 5.41) is 19.0. The summed E-state index contributed by atoms with van der Waals surface area (Å²) in [4.78, 5) is 28.3. The lowest BCUT2D eigenvalue weighted by Gasteiger charge is -2.48. The van der Waals surface area contributed by atoms with Gasteiger partial charge in [-0.2, -0.15) is 0 Å². The van der Waals surface area contributed by atoms with Crippen LogP contribution in [0, 0.1) is 0 Å². The summed E-state index contributed by atoms with van der Waals surface area (Å²) in [5.41, 5.74) is -0.614. The predicted molar refractivity (Wildman–Crippen MR) is 110 cm³/mol. The van der Waals surface area contributed by atoms with Crippen molar-refractivity contribution in [1.82, 2.24) is 15.5 Å². The first kappa shape index (κ1) is 20.4. The quantitative estimate of drug-likeness (QED) is 0.720. The topological polar surface area (TPSA) is 81.7 Å². The van der Waals surface area contributed by atoms with Gasteiger partial charge in [-0.05, 0) is 43.3 Å². The number of urea groups is 1. The number of hydrogen-bond acceptors (Lipinski definition) is 4. The summed E-state index contributed by atoms with van der Waals surface area (Å²) in [6.45, 7) is 4.73. The highest BCUT2D eigenvalue weighted by atomic mass is 32.1. The van der Waals surface area contributed by atoms with Crippen LogP contribution in [0.1, 0.15) is 48.0 Å². The van der Waals surface area contributed by atoms with Gasteiger partial charge in [0.05, 0.1) is 17.7 Å². The van der Waals surface area contributed by atoms with Crippen LogP contribution in [-0.2, 0) is 0 Å². The number of carbonyl (C=O) groups excluding carboxylic acids is 2. The molecule has 6 nitrogen and oxygen atoms in total. The predicted octanol–water partition coefficient (Wildman–Crippen LogP) is 3.16.